The van der Waals surface area contributed by atoms with Crippen LogP contribution in [0, 0.1) is 13.8 Å². The molecule has 1 fully saturated rings. The molecule has 3 heterocycles. The van der Waals surface area contributed by atoms with E-state index in [-0.39, 0.29) is 29.6 Å². The van der Waals surface area contributed by atoms with Crippen molar-refractivity contribution in [1.82, 2.24) is 20.0 Å². The van der Waals surface area contributed by atoms with E-state index >= 15 is 0 Å². The average molecular weight is 444 g/mol. The number of carbonyl (C=O) groups excluding carboxylic acids is 2. The summed E-state index contributed by atoms with van der Waals surface area (Å²) >= 11 is 5.88. The highest BCUT2D eigenvalue weighted by Gasteiger charge is 2.24. The van der Waals surface area contributed by atoms with Crippen molar-refractivity contribution in [3.8, 4) is 0 Å². The smallest absolute Gasteiger partial charge is 0.277 e. The average Bonchev–Trinajstić information content (AvgIpc) is 3.08. The number of aromatic nitrogens is 2. The number of rotatable bonds is 4. The fourth-order valence-corrected chi connectivity index (χ4v) is 3.91. The molecule has 1 saturated heterocycles. The van der Waals surface area contributed by atoms with Crippen LogP contribution in [0.25, 0.3) is 10.8 Å². The lowest BCUT2D eigenvalue weighted by molar-refractivity contribution is -0.117. The SMILES string of the molecule is Cc1n[nH]c(=O)c2c(NC(=O)CN3CCN(C(=O)c4ccc(Cl)cc4)CC3)oc(C)c12. The number of halogens is 1. The van der Waals surface area contributed by atoms with Crippen molar-refractivity contribution in [2.75, 3.05) is 38.0 Å². The monoisotopic (exact) mass is 443 g/mol. The summed E-state index contributed by atoms with van der Waals surface area (Å²) in [5, 5.41) is 10.5. The Bertz CT molecular complexity index is 1190. The van der Waals surface area contributed by atoms with E-state index in [4.69, 9.17) is 16.0 Å². The third-order valence-electron chi connectivity index (χ3n) is 5.37. The van der Waals surface area contributed by atoms with Crippen LogP contribution in [-0.2, 0) is 4.79 Å². The predicted molar refractivity (Wildman–Crippen MR) is 117 cm³/mol. The van der Waals surface area contributed by atoms with E-state index in [1.54, 1.807) is 43.0 Å². The summed E-state index contributed by atoms with van der Waals surface area (Å²) in [5.41, 5.74) is 0.797. The van der Waals surface area contributed by atoms with Crippen molar-refractivity contribution in [1.29, 1.82) is 0 Å². The lowest BCUT2D eigenvalue weighted by Crippen LogP contribution is -2.50. The second kappa shape index (κ2) is 8.52. The number of aryl methyl sites for hydroxylation is 2. The Kier molecular flexibility index (Phi) is 5.79. The van der Waals surface area contributed by atoms with Gasteiger partial charge in [0.05, 0.1) is 17.6 Å². The number of anilines is 1. The molecule has 2 N–H and O–H groups in total. The van der Waals surface area contributed by atoms with Crippen LogP contribution in [0.4, 0.5) is 5.88 Å². The third-order valence-corrected chi connectivity index (χ3v) is 5.62. The molecule has 0 saturated carbocycles. The fraction of sp³-hybridized carbons (Fsp3) is 0.333. The molecule has 1 aliphatic rings. The van der Waals surface area contributed by atoms with Gasteiger partial charge in [-0.05, 0) is 38.1 Å². The summed E-state index contributed by atoms with van der Waals surface area (Å²) in [7, 11) is 0. The van der Waals surface area contributed by atoms with Crippen LogP contribution in [0.1, 0.15) is 21.8 Å². The zero-order valence-corrected chi connectivity index (χ0v) is 18.0. The van der Waals surface area contributed by atoms with E-state index in [2.05, 4.69) is 15.5 Å². The predicted octanol–water partition coefficient (Wildman–Crippen LogP) is 2.18. The normalized spacial score (nSPS) is 14.7. The molecular formula is C21H22ClN5O4. The number of nitrogens with zero attached hydrogens (tertiary/aromatic N) is 3. The molecule has 1 aliphatic heterocycles. The number of fused-ring (bicyclic) bond motifs is 1. The zero-order valence-electron chi connectivity index (χ0n) is 17.2. The van der Waals surface area contributed by atoms with Crippen LogP contribution in [0.3, 0.4) is 0 Å². The van der Waals surface area contributed by atoms with E-state index in [0.717, 1.165) is 0 Å². The molecule has 0 aliphatic carbocycles. The molecule has 0 bridgehead atoms. The number of aromatic amines is 1. The van der Waals surface area contributed by atoms with Crippen LogP contribution in [0.15, 0.2) is 33.5 Å². The number of nitrogens with one attached hydrogen (secondary N) is 2. The topological polar surface area (TPSA) is 112 Å². The second-order valence-electron chi connectivity index (χ2n) is 7.50. The first-order chi connectivity index (χ1) is 14.8. The summed E-state index contributed by atoms with van der Waals surface area (Å²) in [6, 6.07) is 6.80. The number of hydrogen-bond acceptors (Lipinski definition) is 6. The summed E-state index contributed by atoms with van der Waals surface area (Å²) in [6.07, 6.45) is 0. The van der Waals surface area contributed by atoms with E-state index in [1.165, 1.54) is 0 Å². The summed E-state index contributed by atoms with van der Waals surface area (Å²) in [6.45, 7) is 5.78. The maximum absolute atomic E-state index is 12.6. The van der Waals surface area contributed by atoms with Crippen molar-refractivity contribution >= 4 is 40.1 Å². The Hall–Kier alpha value is -3.17. The minimum Gasteiger partial charge on any atom is -0.444 e. The van der Waals surface area contributed by atoms with Crippen molar-refractivity contribution < 1.29 is 14.0 Å². The van der Waals surface area contributed by atoms with Gasteiger partial charge in [-0.1, -0.05) is 11.6 Å². The number of piperazine rings is 1. The zero-order chi connectivity index (χ0) is 22.1. The molecule has 162 valence electrons. The molecule has 10 heteroatoms. The number of H-pyrrole nitrogens is 1. The maximum atomic E-state index is 12.6. The minimum atomic E-state index is -0.415. The molecule has 0 radical (unpaired) electrons. The lowest BCUT2D eigenvalue weighted by atomic mass is 10.2. The molecule has 2 aromatic heterocycles. The van der Waals surface area contributed by atoms with Crippen molar-refractivity contribution in [2.24, 2.45) is 0 Å². The van der Waals surface area contributed by atoms with Gasteiger partial charge in [-0.25, -0.2) is 5.10 Å². The van der Waals surface area contributed by atoms with Crippen LogP contribution < -0.4 is 10.9 Å². The van der Waals surface area contributed by atoms with Gasteiger partial charge in [0.25, 0.3) is 11.5 Å². The van der Waals surface area contributed by atoms with Gasteiger partial charge in [0, 0.05) is 36.8 Å². The summed E-state index contributed by atoms with van der Waals surface area (Å²) in [4.78, 5) is 41.1. The summed E-state index contributed by atoms with van der Waals surface area (Å²) in [5.74, 6) is 0.306. The Morgan fingerprint density at radius 1 is 1.13 bits per heavy atom. The molecule has 31 heavy (non-hydrogen) atoms. The first-order valence-electron chi connectivity index (χ1n) is 9.89. The van der Waals surface area contributed by atoms with Crippen molar-refractivity contribution in [3.63, 3.8) is 0 Å². The Balaban J connectivity index is 1.36. The molecule has 9 nitrogen and oxygen atoms in total. The Morgan fingerprint density at radius 3 is 2.48 bits per heavy atom. The molecular weight excluding hydrogens is 422 g/mol. The van der Waals surface area contributed by atoms with E-state index in [9.17, 15) is 14.4 Å². The number of carbonyl (C=O) groups is 2. The molecule has 0 spiro atoms. The van der Waals surface area contributed by atoms with E-state index < -0.39 is 5.56 Å². The minimum absolute atomic E-state index is 0.0542. The third kappa shape index (κ3) is 4.33. The highest BCUT2D eigenvalue weighted by atomic mass is 35.5. The molecule has 3 aromatic rings. The largest absolute Gasteiger partial charge is 0.444 e. The number of furan rings is 1. The van der Waals surface area contributed by atoms with Crippen molar-refractivity contribution in [3.05, 3.63) is 56.7 Å². The van der Waals surface area contributed by atoms with Crippen LogP contribution >= 0.6 is 11.6 Å². The van der Waals surface area contributed by atoms with Crippen LogP contribution in [0.2, 0.25) is 5.02 Å². The Labute approximate surface area is 183 Å². The fourth-order valence-electron chi connectivity index (χ4n) is 3.78. The van der Waals surface area contributed by atoms with Crippen molar-refractivity contribution in [2.45, 2.75) is 13.8 Å². The van der Waals surface area contributed by atoms with Crippen LogP contribution in [-0.4, -0.2) is 64.5 Å². The molecule has 0 atom stereocenters. The Morgan fingerprint density at radius 2 is 1.81 bits per heavy atom. The number of amides is 2. The second-order valence-corrected chi connectivity index (χ2v) is 7.94. The van der Waals surface area contributed by atoms with Gasteiger partial charge in [-0.2, -0.15) is 5.10 Å². The highest BCUT2D eigenvalue weighted by molar-refractivity contribution is 6.30. The van der Waals surface area contributed by atoms with E-state index in [0.29, 0.717) is 53.6 Å². The van der Waals surface area contributed by atoms with Gasteiger partial charge < -0.3 is 9.32 Å². The van der Waals surface area contributed by atoms with Gasteiger partial charge in [0.2, 0.25) is 11.8 Å². The standard InChI is InChI=1S/C21H22ClN5O4/c1-12-17-13(2)31-20(18(17)19(29)25-24-12)23-16(28)11-26-7-9-27(10-8-26)21(30)14-3-5-15(22)6-4-14/h3-6H,7-11H2,1-2H3,(H,23,28)(H,25,29). The number of benzene rings is 1. The van der Waals surface area contributed by atoms with Gasteiger partial charge >= 0.3 is 0 Å². The van der Waals surface area contributed by atoms with Gasteiger partial charge in [-0.3, -0.25) is 24.6 Å². The first-order valence-corrected chi connectivity index (χ1v) is 10.3. The summed E-state index contributed by atoms with van der Waals surface area (Å²) < 4.78 is 5.62. The molecule has 4 rings (SSSR count). The maximum Gasteiger partial charge on any atom is 0.277 e. The molecule has 1 aromatic carbocycles. The number of hydrogen-bond donors (Lipinski definition) is 2. The highest BCUT2D eigenvalue weighted by Crippen LogP contribution is 2.28. The van der Waals surface area contributed by atoms with E-state index in [1.807, 2.05) is 4.90 Å². The van der Waals surface area contributed by atoms with Gasteiger partial charge in [-0.15, -0.1) is 0 Å². The van der Waals surface area contributed by atoms with Crippen LogP contribution in [0.5, 0.6) is 0 Å². The molecule has 2 amide bonds. The van der Waals surface area contributed by atoms with Gasteiger partial charge in [0.15, 0.2) is 0 Å². The quantitative estimate of drug-likeness (QED) is 0.639. The first kappa shape index (κ1) is 21.1. The lowest BCUT2D eigenvalue weighted by Gasteiger charge is -2.34. The van der Waals surface area contributed by atoms with Gasteiger partial charge in [0.1, 0.15) is 11.1 Å². The molecule has 0 unspecified atom stereocenters.